The van der Waals surface area contributed by atoms with Crippen LogP contribution in [0.15, 0.2) is 96.2 Å². The number of hydrogen-bond acceptors (Lipinski definition) is 6. The fourth-order valence-electron chi connectivity index (χ4n) is 3.88. The molecule has 5 aromatic rings. The Hall–Kier alpha value is -4.50. The molecular formula is C27H22N6O2S. The van der Waals surface area contributed by atoms with E-state index in [0.29, 0.717) is 11.0 Å². The molecule has 0 radical (unpaired) electrons. The van der Waals surface area contributed by atoms with Gasteiger partial charge in [0.05, 0.1) is 16.5 Å². The van der Waals surface area contributed by atoms with Gasteiger partial charge in [-0.05, 0) is 31.2 Å². The average Bonchev–Trinajstić information content (AvgIpc) is 3.31. The summed E-state index contributed by atoms with van der Waals surface area (Å²) in [5, 5.41) is 11.9. The largest absolute Gasteiger partial charge is 0.351 e. The van der Waals surface area contributed by atoms with Crippen LogP contribution in [0.2, 0.25) is 0 Å². The van der Waals surface area contributed by atoms with Crippen LogP contribution in [0.1, 0.15) is 6.92 Å². The molecule has 1 atom stereocenters. The van der Waals surface area contributed by atoms with Crippen LogP contribution >= 0.6 is 11.8 Å². The number of urea groups is 1. The number of carbonyl (C=O) groups is 2. The molecule has 3 aromatic carbocycles. The predicted octanol–water partition coefficient (Wildman–Crippen LogP) is 4.83. The number of benzene rings is 3. The fourth-order valence-corrected chi connectivity index (χ4v) is 4.75. The molecule has 8 nitrogen and oxygen atoms in total. The van der Waals surface area contributed by atoms with E-state index in [0.717, 1.165) is 33.4 Å². The van der Waals surface area contributed by atoms with E-state index in [4.69, 9.17) is 10.7 Å². The lowest BCUT2D eigenvalue weighted by molar-refractivity contribution is -0.119. The van der Waals surface area contributed by atoms with Gasteiger partial charge in [-0.2, -0.15) is 0 Å². The number of fused-ring (bicyclic) bond motifs is 1. The molecule has 3 amide bonds. The quantitative estimate of drug-likeness (QED) is 0.327. The van der Waals surface area contributed by atoms with Crippen LogP contribution in [0, 0.1) is 0 Å². The van der Waals surface area contributed by atoms with Crippen molar-refractivity contribution in [2.24, 2.45) is 5.73 Å². The maximum absolute atomic E-state index is 12.4. The highest BCUT2D eigenvalue weighted by Gasteiger charge is 2.24. The number of rotatable bonds is 6. The van der Waals surface area contributed by atoms with Crippen molar-refractivity contribution in [3.63, 3.8) is 0 Å². The van der Waals surface area contributed by atoms with Crippen LogP contribution in [-0.4, -0.2) is 36.9 Å². The number of amides is 3. The Labute approximate surface area is 211 Å². The van der Waals surface area contributed by atoms with Crippen LogP contribution in [0.3, 0.4) is 0 Å². The molecule has 9 heteroatoms. The fraction of sp³-hybridized carbons (Fsp3) is 0.0741. The SMILES string of the molecule is CC(Sc1nnc(-c2cc(-c3ccccc3)nc3ccccc23)n1-c1ccccc1)C(=O)NC(N)=O. The standard InChI is InChI=1S/C27H22N6O2S/c1-17(25(34)30-26(28)35)36-27-32-31-24(33(27)19-12-6-3-7-13-19)21-16-23(18-10-4-2-5-11-18)29-22-15-9-8-14-20(21)22/h2-17H,1H3,(H3,28,30,34,35). The van der Waals surface area contributed by atoms with Crippen molar-refractivity contribution in [3.05, 3.63) is 91.0 Å². The molecule has 0 saturated carbocycles. The van der Waals surface area contributed by atoms with Crippen molar-refractivity contribution in [3.8, 4) is 28.3 Å². The highest BCUT2D eigenvalue weighted by molar-refractivity contribution is 8.00. The zero-order chi connectivity index (χ0) is 25.1. The van der Waals surface area contributed by atoms with Crippen molar-refractivity contribution in [1.82, 2.24) is 25.1 Å². The third kappa shape index (κ3) is 4.69. The molecular weight excluding hydrogens is 472 g/mol. The number of aromatic nitrogens is 4. The third-order valence-electron chi connectivity index (χ3n) is 5.57. The molecule has 2 heterocycles. The Morgan fingerprint density at radius 2 is 1.58 bits per heavy atom. The first kappa shape index (κ1) is 23.3. The van der Waals surface area contributed by atoms with Crippen molar-refractivity contribution in [1.29, 1.82) is 0 Å². The minimum Gasteiger partial charge on any atom is -0.351 e. The lowest BCUT2D eigenvalue weighted by Gasteiger charge is -2.14. The van der Waals surface area contributed by atoms with Gasteiger partial charge in [0.15, 0.2) is 11.0 Å². The Balaban J connectivity index is 1.69. The number of thioether (sulfide) groups is 1. The molecule has 36 heavy (non-hydrogen) atoms. The van der Waals surface area contributed by atoms with Crippen LogP contribution in [0.25, 0.3) is 39.2 Å². The van der Waals surface area contributed by atoms with Crippen molar-refractivity contribution in [2.75, 3.05) is 0 Å². The van der Waals surface area contributed by atoms with Crippen LogP contribution in [0.4, 0.5) is 4.79 Å². The summed E-state index contributed by atoms with van der Waals surface area (Å²) >= 11 is 1.19. The molecule has 0 saturated heterocycles. The zero-order valence-corrected chi connectivity index (χ0v) is 20.1. The van der Waals surface area contributed by atoms with E-state index in [2.05, 4.69) is 15.5 Å². The first-order valence-electron chi connectivity index (χ1n) is 11.2. The van der Waals surface area contributed by atoms with E-state index < -0.39 is 17.2 Å². The predicted molar refractivity (Wildman–Crippen MR) is 141 cm³/mol. The van der Waals surface area contributed by atoms with Gasteiger partial charge in [0.2, 0.25) is 5.91 Å². The van der Waals surface area contributed by atoms with Crippen LogP contribution in [-0.2, 0) is 4.79 Å². The minimum atomic E-state index is -0.894. The number of primary amides is 1. The van der Waals surface area contributed by atoms with Crippen molar-refractivity contribution >= 4 is 34.6 Å². The Morgan fingerprint density at radius 1 is 0.917 bits per heavy atom. The van der Waals surface area contributed by atoms with E-state index in [9.17, 15) is 9.59 Å². The second-order valence-corrected chi connectivity index (χ2v) is 9.34. The molecule has 178 valence electrons. The van der Waals surface area contributed by atoms with E-state index in [-0.39, 0.29) is 0 Å². The smallest absolute Gasteiger partial charge is 0.318 e. The highest BCUT2D eigenvalue weighted by Crippen LogP contribution is 2.35. The minimum absolute atomic E-state index is 0.502. The Morgan fingerprint density at radius 3 is 2.31 bits per heavy atom. The first-order valence-corrected chi connectivity index (χ1v) is 12.1. The lowest BCUT2D eigenvalue weighted by atomic mass is 10.0. The van der Waals surface area contributed by atoms with E-state index >= 15 is 0 Å². The monoisotopic (exact) mass is 494 g/mol. The number of nitrogens with two attached hydrogens (primary N) is 1. The van der Waals surface area contributed by atoms with Crippen LogP contribution in [0.5, 0.6) is 0 Å². The number of nitrogens with zero attached hydrogens (tertiary/aromatic N) is 4. The molecule has 0 aliphatic rings. The van der Waals surface area contributed by atoms with E-state index in [1.165, 1.54) is 11.8 Å². The first-order chi connectivity index (χ1) is 17.5. The molecule has 5 rings (SSSR count). The molecule has 0 bridgehead atoms. The number of imide groups is 1. The molecule has 1 unspecified atom stereocenters. The van der Waals surface area contributed by atoms with Gasteiger partial charge in [-0.1, -0.05) is 78.5 Å². The van der Waals surface area contributed by atoms with Crippen molar-refractivity contribution in [2.45, 2.75) is 17.3 Å². The molecule has 0 spiro atoms. The summed E-state index contributed by atoms with van der Waals surface area (Å²) in [7, 11) is 0. The van der Waals surface area contributed by atoms with E-state index in [1.807, 2.05) is 95.6 Å². The summed E-state index contributed by atoms with van der Waals surface area (Å²) in [6, 6.07) is 28.7. The third-order valence-corrected chi connectivity index (χ3v) is 6.61. The lowest BCUT2D eigenvalue weighted by Crippen LogP contribution is -2.39. The topological polar surface area (TPSA) is 116 Å². The number of para-hydroxylation sites is 2. The van der Waals surface area contributed by atoms with Gasteiger partial charge in [0.25, 0.3) is 0 Å². The Bertz CT molecular complexity index is 1550. The maximum atomic E-state index is 12.4. The van der Waals surface area contributed by atoms with Gasteiger partial charge < -0.3 is 5.73 Å². The maximum Gasteiger partial charge on any atom is 0.318 e. The van der Waals surface area contributed by atoms with Crippen molar-refractivity contribution < 1.29 is 9.59 Å². The van der Waals surface area contributed by atoms with Gasteiger partial charge in [-0.25, -0.2) is 9.78 Å². The molecule has 0 aliphatic carbocycles. The summed E-state index contributed by atoms with van der Waals surface area (Å²) < 4.78 is 1.91. The zero-order valence-electron chi connectivity index (χ0n) is 19.3. The summed E-state index contributed by atoms with van der Waals surface area (Å²) in [4.78, 5) is 28.4. The number of nitrogens with one attached hydrogen (secondary N) is 1. The van der Waals surface area contributed by atoms with E-state index in [1.54, 1.807) is 6.92 Å². The number of carbonyl (C=O) groups excluding carboxylic acids is 2. The molecule has 0 aliphatic heterocycles. The summed E-state index contributed by atoms with van der Waals surface area (Å²) in [6.07, 6.45) is 0. The van der Waals surface area contributed by atoms with Gasteiger partial charge in [-0.15, -0.1) is 10.2 Å². The normalized spacial score (nSPS) is 11.8. The summed E-state index contributed by atoms with van der Waals surface area (Å²) in [5.74, 6) is 0.111. The number of pyridine rings is 1. The summed E-state index contributed by atoms with van der Waals surface area (Å²) in [5.41, 5.74) is 9.45. The van der Waals surface area contributed by atoms with Gasteiger partial charge in [0, 0.05) is 22.2 Å². The summed E-state index contributed by atoms with van der Waals surface area (Å²) in [6.45, 7) is 1.68. The number of hydrogen-bond donors (Lipinski definition) is 2. The average molecular weight is 495 g/mol. The van der Waals surface area contributed by atoms with Gasteiger partial charge >= 0.3 is 6.03 Å². The molecule has 0 fully saturated rings. The second kappa shape index (κ2) is 10.0. The van der Waals surface area contributed by atoms with Gasteiger partial charge in [-0.3, -0.25) is 14.7 Å². The van der Waals surface area contributed by atoms with Crippen LogP contribution < -0.4 is 11.1 Å². The molecule has 3 N–H and O–H groups in total. The molecule has 2 aromatic heterocycles. The van der Waals surface area contributed by atoms with Gasteiger partial charge in [0.1, 0.15) is 0 Å². The Kier molecular flexibility index (Phi) is 6.46. The second-order valence-electron chi connectivity index (χ2n) is 8.03. The highest BCUT2D eigenvalue weighted by atomic mass is 32.2.